The minimum absolute atomic E-state index is 0.0397. The summed E-state index contributed by atoms with van der Waals surface area (Å²) >= 11 is 11.6. The van der Waals surface area contributed by atoms with Crippen LogP contribution in [0.25, 0.3) is 6.08 Å². The van der Waals surface area contributed by atoms with Gasteiger partial charge in [0, 0.05) is 17.2 Å². The fourth-order valence-corrected chi connectivity index (χ4v) is 4.42. The molecule has 1 unspecified atom stereocenters. The van der Waals surface area contributed by atoms with Crippen LogP contribution in [0, 0.1) is 13.8 Å². The monoisotopic (exact) mass is 486 g/mol. The molecule has 2 saturated heterocycles. The van der Waals surface area contributed by atoms with Gasteiger partial charge in [-0.3, -0.25) is 9.69 Å². The van der Waals surface area contributed by atoms with E-state index in [4.69, 9.17) is 38.0 Å². The minimum atomic E-state index is -0.142. The molecule has 6 nitrogen and oxygen atoms in total. The zero-order chi connectivity index (χ0) is 23.5. The Morgan fingerprint density at radius 2 is 2.03 bits per heavy atom. The number of carbonyl (C=O) groups excluding carboxylic acids is 1. The topological polar surface area (TPSA) is 60.0 Å². The number of amides is 1. The average Bonchev–Trinajstić information content (AvgIpc) is 3.40. The van der Waals surface area contributed by atoms with Crippen LogP contribution in [0.5, 0.6) is 11.5 Å². The Labute approximate surface area is 204 Å². The fourth-order valence-electron chi connectivity index (χ4n) is 4.05. The second kappa shape index (κ2) is 10.1. The van der Waals surface area contributed by atoms with Gasteiger partial charge in [0.25, 0.3) is 5.91 Å². The van der Waals surface area contributed by atoms with Gasteiger partial charge in [0.2, 0.25) is 0 Å². The maximum Gasteiger partial charge on any atom is 0.276 e. The molecule has 0 aliphatic carbocycles. The zero-order valence-electron chi connectivity index (χ0n) is 18.9. The van der Waals surface area contributed by atoms with E-state index in [2.05, 4.69) is 5.32 Å². The molecule has 174 valence electrons. The number of methoxy groups -OCH3 is 1. The van der Waals surface area contributed by atoms with Gasteiger partial charge in [-0.05, 0) is 85.9 Å². The average molecular weight is 487 g/mol. The van der Waals surface area contributed by atoms with Gasteiger partial charge in [-0.25, -0.2) is 0 Å². The third-order valence-corrected chi connectivity index (χ3v) is 6.71. The van der Waals surface area contributed by atoms with E-state index in [-0.39, 0.29) is 12.0 Å². The normalized spacial score (nSPS) is 19.3. The third kappa shape index (κ3) is 5.32. The Morgan fingerprint density at radius 3 is 2.70 bits per heavy atom. The van der Waals surface area contributed by atoms with Crippen molar-refractivity contribution in [1.82, 2.24) is 10.2 Å². The quantitative estimate of drug-likeness (QED) is 0.449. The Balaban J connectivity index is 1.51. The molecule has 0 saturated carbocycles. The highest BCUT2D eigenvalue weighted by Crippen LogP contribution is 2.28. The van der Waals surface area contributed by atoms with E-state index < -0.39 is 0 Å². The number of ether oxygens (including phenoxy) is 3. The molecule has 4 rings (SSSR count). The van der Waals surface area contributed by atoms with Crippen molar-refractivity contribution in [3.8, 4) is 11.5 Å². The molecule has 2 heterocycles. The van der Waals surface area contributed by atoms with Gasteiger partial charge in [0.1, 0.15) is 23.8 Å². The van der Waals surface area contributed by atoms with Crippen molar-refractivity contribution in [2.45, 2.75) is 39.4 Å². The van der Waals surface area contributed by atoms with Gasteiger partial charge in [-0.1, -0.05) is 17.7 Å². The predicted molar refractivity (Wildman–Crippen MR) is 133 cm³/mol. The predicted octanol–water partition coefficient (Wildman–Crippen LogP) is 4.78. The molecule has 1 N–H and O–H groups in total. The first-order valence-electron chi connectivity index (χ1n) is 10.9. The number of hydrogen-bond acceptors (Lipinski definition) is 5. The van der Waals surface area contributed by atoms with Crippen LogP contribution in [0.1, 0.15) is 35.1 Å². The van der Waals surface area contributed by atoms with Gasteiger partial charge in [-0.2, -0.15) is 0 Å². The number of nitrogens with zero attached hydrogens (tertiary/aromatic N) is 1. The number of thiocarbonyl (C=S) groups is 1. The van der Waals surface area contributed by atoms with Crippen molar-refractivity contribution in [3.63, 3.8) is 0 Å². The van der Waals surface area contributed by atoms with Crippen LogP contribution in [-0.4, -0.2) is 42.3 Å². The molecule has 0 radical (unpaired) electrons. The maximum absolute atomic E-state index is 12.9. The second-order valence-corrected chi connectivity index (χ2v) is 9.03. The molecule has 2 aliphatic heterocycles. The van der Waals surface area contributed by atoms with Crippen molar-refractivity contribution in [2.24, 2.45) is 0 Å². The lowest BCUT2D eigenvalue weighted by Crippen LogP contribution is -2.37. The molecule has 1 atom stereocenters. The van der Waals surface area contributed by atoms with Crippen LogP contribution < -0.4 is 14.8 Å². The van der Waals surface area contributed by atoms with Crippen LogP contribution >= 0.6 is 23.8 Å². The highest BCUT2D eigenvalue weighted by atomic mass is 35.5. The van der Waals surface area contributed by atoms with E-state index >= 15 is 0 Å². The van der Waals surface area contributed by atoms with Crippen molar-refractivity contribution in [1.29, 1.82) is 0 Å². The molecule has 33 heavy (non-hydrogen) atoms. The molecule has 2 aromatic carbocycles. The summed E-state index contributed by atoms with van der Waals surface area (Å²) in [6.45, 7) is 5.43. The van der Waals surface area contributed by atoms with Crippen molar-refractivity contribution in [2.75, 3.05) is 20.3 Å². The summed E-state index contributed by atoms with van der Waals surface area (Å²) in [7, 11) is 1.62. The van der Waals surface area contributed by atoms with Crippen LogP contribution in [0.4, 0.5) is 0 Å². The molecule has 0 aromatic heterocycles. The fraction of sp³-hybridized carbons (Fsp3) is 0.360. The Kier molecular flexibility index (Phi) is 7.22. The number of halogens is 1. The minimum Gasteiger partial charge on any atom is -0.496 e. The highest BCUT2D eigenvalue weighted by molar-refractivity contribution is 7.80. The summed E-state index contributed by atoms with van der Waals surface area (Å²) in [6, 6.07) is 9.54. The molecular weight excluding hydrogens is 460 g/mol. The molecule has 2 fully saturated rings. The van der Waals surface area contributed by atoms with Crippen molar-refractivity contribution in [3.05, 3.63) is 63.3 Å². The summed E-state index contributed by atoms with van der Waals surface area (Å²) in [5.74, 6) is 1.31. The molecular formula is C25H27ClN2O4S. The van der Waals surface area contributed by atoms with E-state index in [0.717, 1.165) is 52.5 Å². The second-order valence-electron chi connectivity index (χ2n) is 8.27. The largest absolute Gasteiger partial charge is 0.496 e. The summed E-state index contributed by atoms with van der Waals surface area (Å²) in [4.78, 5) is 14.5. The van der Waals surface area contributed by atoms with Crippen molar-refractivity contribution < 1.29 is 19.0 Å². The number of benzene rings is 2. The first kappa shape index (κ1) is 23.5. The van der Waals surface area contributed by atoms with E-state index in [9.17, 15) is 4.79 Å². The smallest absolute Gasteiger partial charge is 0.276 e. The summed E-state index contributed by atoms with van der Waals surface area (Å²) in [5, 5.41) is 4.19. The zero-order valence-corrected chi connectivity index (χ0v) is 20.5. The van der Waals surface area contributed by atoms with E-state index in [0.29, 0.717) is 29.7 Å². The highest BCUT2D eigenvalue weighted by Gasteiger charge is 2.33. The van der Waals surface area contributed by atoms with Crippen LogP contribution in [0.15, 0.2) is 36.0 Å². The lowest BCUT2D eigenvalue weighted by atomic mass is 10.1. The SMILES string of the molecule is COc1ccc(/C=C2/NC(=S)N(CC3CCCO3)C2=O)cc1COc1cc(C)c(Cl)c(C)c1. The standard InChI is InChI=1S/C25H27ClN2O4S/c1-15-9-20(10-16(2)23(15)26)32-14-18-11-17(6-7-22(18)30-3)12-21-24(29)28(25(33)27-21)13-19-5-4-8-31-19/h6-7,9-12,19H,4-5,8,13-14H2,1-3H3,(H,27,33)/b21-12+. The number of rotatable bonds is 7. The molecule has 1 amide bonds. The van der Waals surface area contributed by atoms with Crippen LogP contribution in [-0.2, 0) is 16.1 Å². The van der Waals surface area contributed by atoms with E-state index in [1.54, 1.807) is 18.1 Å². The number of hydrogen-bond donors (Lipinski definition) is 1. The van der Waals surface area contributed by atoms with Gasteiger partial charge in [-0.15, -0.1) is 0 Å². The van der Waals surface area contributed by atoms with Gasteiger partial charge in [0.15, 0.2) is 5.11 Å². The molecule has 0 bridgehead atoms. The summed E-state index contributed by atoms with van der Waals surface area (Å²) < 4.78 is 17.2. The first-order valence-corrected chi connectivity index (χ1v) is 11.7. The molecule has 8 heteroatoms. The van der Waals surface area contributed by atoms with Crippen molar-refractivity contribution >= 4 is 40.9 Å². The van der Waals surface area contributed by atoms with Crippen LogP contribution in [0.3, 0.4) is 0 Å². The lowest BCUT2D eigenvalue weighted by molar-refractivity contribution is -0.123. The van der Waals surface area contributed by atoms with Gasteiger partial charge >= 0.3 is 0 Å². The Bertz CT molecular complexity index is 1090. The van der Waals surface area contributed by atoms with Crippen LogP contribution in [0.2, 0.25) is 5.02 Å². The number of carbonyl (C=O) groups is 1. The maximum atomic E-state index is 12.9. The Hall–Kier alpha value is -2.61. The lowest BCUT2D eigenvalue weighted by Gasteiger charge is -2.18. The number of aryl methyl sites for hydroxylation is 2. The van der Waals surface area contributed by atoms with Gasteiger partial charge in [0.05, 0.1) is 19.8 Å². The van der Waals surface area contributed by atoms with Gasteiger partial charge < -0.3 is 19.5 Å². The third-order valence-electron chi connectivity index (χ3n) is 5.79. The first-order chi connectivity index (χ1) is 15.9. The van der Waals surface area contributed by atoms with E-state index in [1.807, 2.05) is 44.2 Å². The molecule has 0 spiro atoms. The number of nitrogens with one attached hydrogen (secondary N) is 1. The Morgan fingerprint density at radius 1 is 1.27 bits per heavy atom. The molecule has 2 aromatic rings. The summed E-state index contributed by atoms with van der Waals surface area (Å²) in [5.41, 5.74) is 4.08. The summed E-state index contributed by atoms with van der Waals surface area (Å²) in [6.07, 6.45) is 3.79. The van der Waals surface area contributed by atoms with E-state index in [1.165, 1.54) is 0 Å². The molecule has 2 aliphatic rings.